The molecule has 0 saturated heterocycles. The van der Waals surface area contributed by atoms with Crippen molar-refractivity contribution in [3.8, 4) is 22.3 Å². The smallest absolute Gasteiger partial charge is 0.235 e. The summed E-state index contributed by atoms with van der Waals surface area (Å²) in [6.45, 7) is 7.61. The quantitative estimate of drug-likeness (QED) is 0.241. The van der Waals surface area contributed by atoms with Gasteiger partial charge in [-0.15, -0.1) is 17.9 Å². The van der Waals surface area contributed by atoms with Gasteiger partial charge in [-0.3, -0.25) is 19.4 Å². The maximum absolute atomic E-state index is 13.4. The summed E-state index contributed by atoms with van der Waals surface area (Å²) in [5.74, 6) is -0.472. The van der Waals surface area contributed by atoms with E-state index < -0.39 is 16.9 Å². The molecular weight excluding hydrogens is 651 g/mol. The molecule has 0 fully saturated rings. The van der Waals surface area contributed by atoms with Crippen molar-refractivity contribution in [1.82, 2.24) is 19.8 Å². The van der Waals surface area contributed by atoms with E-state index in [1.807, 2.05) is 49.6 Å². The number of aliphatic imine (C=N–C) groups is 2. The third-order valence-electron chi connectivity index (χ3n) is 8.70. The summed E-state index contributed by atoms with van der Waals surface area (Å²) in [4.78, 5) is 45.8. The van der Waals surface area contributed by atoms with Gasteiger partial charge in [-0.05, 0) is 72.2 Å². The van der Waals surface area contributed by atoms with Crippen molar-refractivity contribution in [2.24, 2.45) is 27.4 Å². The molecule has 48 heavy (non-hydrogen) atoms. The summed E-state index contributed by atoms with van der Waals surface area (Å²) < 4.78 is 13.4. The number of aromatic nitrogens is 2. The molecule has 2 amide bonds. The van der Waals surface area contributed by atoms with Crippen LogP contribution in [0.5, 0.6) is 0 Å². The van der Waals surface area contributed by atoms with Crippen LogP contribution in [-0.2, 0) is 20.7 Å². The molecular formula is C35H36ClFN8O2S. The molecule has 2 aliphatic heterocycles. The first-order chi connectivity index (χ1) is 22.8. The lowest BCUT2D eigenvalue weighted by atomic mass is 9.80. The molecule has 13 heteroatoms. The van der Waals surface area contributed by atoms with Crippen molar-refractivity contribution in [2.45, 2.75) is 37.8 Å². The van der Waals surface area contributed by atoms with Crippen LogP contribution in [0.25, 0.3) is 22.3 Å². The van der Waals surface area contributed by atoms with E-state index in [-0.39, 0.29) is 41.1 Å². The number of rotatable bonds is 6. The minimum absolute atomic E-state index is 0.0390. The maximum Gasteiger partial charge on any atom is 0.235 e. The first-order valence-corrected chi connectivity index (χ1v) is 16.3. The number of hydrogen-bond donors (Lipinski definition) is 2. The van der Waals surface area contributed by atoms with Crippen LogP contribution in [-0.4, -0.2) is 57.6 Å². The van der Waals surface area contributed by atoms with Crippen LogP contribution in [0.4, 0.5) is 4.39 Å². The summed E-state index contributed by atoms with van der Waals surface area (Å²) in [6.07, 6.45) is 7.56. The maximum atomic E-state index is 13.4. The second kappa shape index (κ2) is 13.7. The van der Waals surface area contributed by atoms with Crippen LogP contribution in [0, 0.1) is 11.7 Å². The molecule has 2 aromatic carbocycles. The van der Waals surface area contributed by atoms with Crippen LogP contribution in [0.15, 0.2) is 95.3 Å². The molecule has 3 atom stereocenters. The lowest BCUT2D eigenvalue weighted by Crippen LogP contribution is -2.53. The van der Waals surface area contributed by atoms with Gasteiger partial charge in [0, 0.05) is 36.9 Å². The number of carbonyl (C=O) groups excluding carboxylic acids is 2. The van der Waals surface area contributed by atoms with Crippen molar-refractivity contribution in [1.29, 1.82) is 0 Å². The Balaban J connectivity index is 0.000000188. The Morgan fingerprint density at radius 1 is 0.979 bits per heavy atom. The van der Waals surface area contributed by atoms with Crippen LogP contribution in [0.1, 0.15) is 37.1 Å². The van der Waals surface area contributed by atoms with Crippen molar-refractivity contribution in [2.75, 3.05) is 14.1 Å². The minimum atomic E-state index is -0.729. The van der Waals surface area contributed by atoms with Gasteiger partial charge in [0.15, 0.2) is 11.9 Å². The summed E-state index contributed by atoms with van der Waals surface area (Å²) in [5.41, 5.74) is 14.9. The number of guanidine groups is 2. The average Bonchev–Trinajstić information content (AvgIpc) is 3.58. The van der Waals surface area contributed by atoms with Gasteiger partial charge in [0.2, 0.25) is 11.8 Å². The second-order valence-electron chi connectivity index (χ2n) is 12.0. The van der Waals surface area contributed by atoms with Crippen molar-refractivity contribution in [3.63, 3.8) is 0 Å². The predicted molar refractivity (Wildman–Crippen MR) is 189 cm³/mol. The van der Waals surface area contributed by atoms with E-state index >= 15 is 0 Å². The molecule has 0 bridgehead atoms. The number of nitrogens with zero attached hydrogens (tertiary/aromatic N) is 6. The summed E-state index contributed by atoms with van der Waals surface area (Å²) >= 11 is 7.43. The van der Waals surface area contributed by atoms with Crippen LogP contribution in [0.2, 0.25) is 5.02 Å². The fourth-order valence-corrected chi connectivity index (χ4v) is 6.95. The molecule has 10 nitrogen and oxygen atoms in total. The zero-order valence-corrected chi connectivity index (χ0v) is 28.6. The molecule has 0 saturated carbocycles. The monoisotopic (exact) mass is 686 g/mol. The van der Waals surface area contributed by atoms with Gasteiger partial charge in [-0.1, -0.05) is 41.9 Å². The number of allylic oxidation sites excluding steroid dienone is 1. The standard InChI is InChI=1S/C18H17ClFN3O.C17H19N5OS/c1-18(10-16(24)23(2)17(21)22-18)13-5-3-4-11(8-13)12-6-7-15(20)14(19)9-12;1-4-5-13-15(23)22(3)16(18)21-17(13,2)14-6-11(9-24-14)12-7-19-10-20-8-12/h3-9H,10H2,1-2H3,(H2,21,22);4,6-10,13H,1,5H2,2-3H3,(H2,18,21)/t18-;13-,17-/m00/s1. The Morgan fingerprint density at radius 3 is 2.33 bits per heavy atom. The van der Waals surface area contributed by atoms with Gasteiger partial charge in [-0.25, -0.2) is 24.3 Å². The number of thiophene rings is 1. The summed E-state index contributed by atoms with van der Waals surface area (Å²) in [7, 11) is 3.26. The van der Waals surface area contributed by atoms with E-state index in [1.54, 1.807) is 56.0 Å². The molecule has 2 aliphatic rings. The Kier molecular flexibility index (Phi) is 9.79. The Labute approximate surface area is 287 Å². The topological polar surface area (TPSA) is 143 Å². The molecule has 4 aromatic rings. The van der Waals surface area contributed by atoms with Crippen molar-refractivity contribution < 1.29 is 14.0 Å². The van der Waals surface area contributed by atoms with Crippen LogP contribution >= 0.6 is 22.9 Å². The molecule has 0 radical (unpaired) electrons. The van der Waals surface area contributed by atoms with Gasteiger partial charge < -0.3 is 11.5 Å². The number of hydrogen-bond acceptors (Lipinski definition) is 9. The first kappa shape index (κ1) is 34.4. The number of halogens is 2. The lowest BCUT2D eigenvalue weighted by molar-refractivity contribution is -0.134. The van der Waals surface area contributed by atoms with Crippen molar-refractivity contribution >= 4 is 46.7 Å². The Morgan fingerprint density at radius 2 is 1.67 bits per heavy atom. The summed E-state index contributed by atoms with van der Waals surface area (Å²) in [5, 5.41) is 2.10. The van der Waals surface area contributed by atoms with Gasteiger partial charge in [0.1, 0.15) is 17.7 Å². The van der Waals surface area contributed by atoms with E-state index in [0.29, 0.717) is 6.42 Å². The number of amides is 2. The van der Waals surface area contributed by atoms with E-state index in [0.717, 1.165) is 32.7 Å². The average molecular weight is 687 g/mol. The molecule has 6 rings (SSSR count). The summed E-state index contributed by atoms with van der Waals surface area (Å²) in [6, 6.07) is 14.2. The highest BCUT2D eigenvalue weighted by molar-refractivity contribution is 7.10. The normalized spacial score (nSPS) is 22.4. The predicted octanol–water partition coefficient (Wildman–Crippen LogP) is 5.94. The third-order valence-corrected chi connectivity index (χ3v) is 10.2. The van der Waals surface area contributed by atoms with Gasteiger partial charge in [0.25, 0.3) is 0 Å². The molecule has 4 heterocycles. The van der Waals surface area contributed by atoms with Gasteiger partial charge in [-0.2, -0.15) is 0 Å². The number of carbonyl (C=O) groups is 2. The Bertz CT molecular complexity index is 1930. The molecule has 0 spiro atoms. The lowest BCUT2D eigenvalue weighted by Gasteiger charge is -2.39. The van der Waals surface area contributed by atoms with E-state index in [4.69, 9.17) is 23.1 Å². The number of benzene rings is 2. The highest BCUT2D eigenvalue weighted by Gasteiger charge is 2.46. The van der Waals surface area contributed by atoms with Gasteiger partial charge >= 0.3 is 0 Å². The first-order valence-electron chi connectivity index (χ1n) is 15.0. The minimum Gasteiger partial charge on any atom is -0.369 e. The van der Waals surface area contributed by atoms with Crippen molar-refractivity contribution in [3.05, 3.63) is 107 Å². The number of nitrogens with two attached hydrogens (primary N) is 2. The zero-order valence-electron chi connectivity index (χ0n) is 27.0. The van der Waals surface area contributed by atoms with E-state index in [1.165, 1.54) is 22.2 Å². The fourth-order valence-electron chi connectivity index (χ4n) is 5.69. The molecule has 4 N–H and O–H groups in total. The van der Waals surface area contributed by atoms with E-state index in [2.05, 4.69) is 26.5 Å². The zero-order chi connectivity index (χ0) is 34.8. The van der Waals surface area contributed by atoms with Crippen LogP contribution in [0.3, 0.4) is 0 Å². The molecule has 0 unspecified atom stereocenters. The third kappa shape index (κ3) is 6.71. The Hall–Kier alpha value is -4.94. The highest BCUT2D eigenvalue weighted by Crippen LogP contribution is 2.43. The second-order valence-corrected chi connectivity index (χ2v) is 13.3. The van der Waals surface area contributed by atoms with E-state index in [9.17, 15) is 14.0 Å². The fraction of sp³-hybridized carbons (Fsp3) is 0.257. The molecule has 248 valence electrons. The highest BCUT2D eigenvalue weighted by atomic mass is 35.5. The SMILES string of the molecule is C=CC[C@H]1C(=O)N(C)C(N)=N[C@]1(C)c1cc(-c2cncnc2)cs1.CN1C(=O)C[C@@](C)(c2cccc(-c3ccc(F)c(Cl)c3)c2)N=C1N. The molecule has 2 aromatic heterocycles. The molecule has 0 aliphatic carbocycles. The van der Waals surface area contributed by atoms with Crippen LogP contribution < -0.4 is 11.5 Å². The largest absolute Gasteiger partial charge is 0.369 e. The van der Waals surface area contributed by atoms with Gasteiger partial charge in [0.05, 0.1) is 22.9 Å².